The average Bonchev–Trinajstić information content (AvgIpc) is 2.29. The standard InChI is InChI=1S/C9H18O7/c1-2-15-9-7(14)5(12)6(13)8(16-9)4(11)3-10/h4-14H,2-3H2,1H3/t4-,5-,6+,7+,8+,9+/m1/s1. The Balaban J connectivity index is 2.72. The summed E-state index contributed by atoms with van der Waals surface area (Å²) in [6, 6.07) is 0. The highest BCUT2D eigenvalue weighted by molar-refractivity contribution is 4.92. The molecule has 0 spiro atoms. The second kappa shape index (κ2) is 5.87. The lowest BCUT2D eigenvalue weighted by molar-refractivity contribution is -0.310. The molecule has 16 heavy (non-hydrogen) atoms. The van der Waals surface area contributed by atoms with E-state index in [1.54, 1.807) is 6.92 Å². The van der Waals surface area contributed by atoms with Crippen LogP contribution < -0.4 is 0 Å². The number of rotatable bonds is 4. The topological polar surface area (TPSA) is 120 Å². The Morgan fingerprint density at radius 3 is 2.31 bits per heavy atom. The van der Waals surface area contributed by atoms with E-state index in [4.69, 9.17) is 14.6 Å². The van der Waals surface area contributed by atoms with Crippen LogP contribution in [0.3, 0.4) is 0 Å². The van der Waals surface area contributed by atoms with Gasteiger partial charge in [0, 0.05) is 6.61 Å². The van der Waals surface area contributed by atoms with Crippen LogP contribution in [-0.2, 0) is 9.47 Å². The SMILES string of the molecule is CCO[C@H]1O[C@@H]([C@H](O)CO)[C@@H](O)[C@@H](O)[C@@H]1O. The van der Waals surface area contributed by atoms with Gasteiger partial charge >= 0.3 is 0 Å². The molecular weight excluding hydrogens is 220 g/mol. The molecule has 1 aliphatic rings. The Morgan fingerprint density at radius 1 is 1.19 bits per heavy atom. The van der Waals surface area contributed by atoms with Gasteiger partial charge in [0.1, 0.15) is 30.5 Å². The van der Waals surface area contributed by atoms with Crippen molar-refractivity contribution in [3.63, 3.8) is 0 Å². The highest BCUT2D eigenvalue weighted by Crippen LogP contribution is 2.23. The Bertz CT molecular complexity index is 212. The minimum atomic E-state index is -1.49. The fraction of sp³-hybridized carbons (Fsp3) is 1.00. The first-order chi connectivity index (χ1) is 7.52. The van der Waals surface area contributed by atoms with Gasteiger partial charge in [-0.05, 0) is 6.92 Å². The second-order valence-corrected chi connectivity index (χ2v) is 3.65. The first-order valence-electron chi connectivity index (χ1n) is 5.13. The lowest BCUT2D eigenvalue weighted by Gasteiger charge is -2.41. The third-order valence-corrected chi connectivity index (χ3v) is 2.50. The summed E-state index contributed by atoms with van der Waals surface area (Å²) < 4.78 is 10.1. The summed E-state index contributed by atoms with van der Waals surface area (Å²) in [6.45, 7) is 1.29. The quantitative estimate of drug-likeness (QED) is 0.358. The number of aliphatic hydroxyl groups is 5. The van der Waals surface area contributed by atoms with Crippen LogP contribution in [0.2, 0.25) is 0 Å². The molecular formula is C9H18O7. The Kier molecular flexibility index (Phi) is 5.06. The highest BCUT2D eigenvalue weighted by Gasteiger charge is 2.46. The molecule has 1 saturated heterocycles. The van der Waals surface area contributed by atoms with Crippen molar-refractivity contribution < 1.29 is 35.0 Å². The minimum Gasteiger partial charge on any atom is -0.394 e. The third kappa shape index (κ3) is 2.69. The van der Waals surface area contributed by atoms with Gasteiger partial charge in [0.2, 0.25) is 0 Å². The van der Waals surface area contributed by atoms with Crippen LogP contribution in [0.15, 0.2) is 0 Å². The van der Waals surface area contributed by atoms with Crippen LogP contribution in [0.5, 0.6) is 0 Å². The summed E-state index contributed by atoms with van der Waals surface area (Å²) in [5.41, 5.74) is 0. The Labute approximate surface area is 92.9 Å². The fourth-order valence-corrected chi connectivity index (χ4v) is 1.60. The fourth-order valence-electron chi connectivity index (χ4n) is 1.60. The molecule has 1 heterocycles. The maximum Gasteiger partial charge on any atom is 0.186 e. The molecule has 1 rings (SSSR count). The van der Waals surface area contributed by atoms with Crippen molar-refractivity contribution in [3.05, 3.63) is 0 Å². The predicted molar refractivity (Wildman–Crippen MR) is 51.4 cm³/mol. The van der Waals surface area contributed by atoms with Gasteiger partial charge in [-0.15, -0.1) is 0 Å². The van der Waals surface area contributed by atoms with Crippen LogP contribution in [0.25, 0.3) is 0 Å². The van der Waals surface area contributed by atoms with Crippen molar-refractivity contribution in [1.29, 1.82) is 0 Å². The largest absolute Gasteiger partial charge is 0.394 e. The molecule has 0 aromatic carbocycles. The number of aliphatic hydroxyl groups excluding tert-OH is 5. The molecule has 0 unspecified atom stereocenters. The first kappa shape index (κ1) is 13.8. The van der Waals surface area contributed by atoms with E-state index in [-0.39, 0.29) is 6.61 Å². The van der Waals surface area contributed by atoms with Crippen molar-refractivity contribution in [3.8, 4) is 0 Å². The van der Waals surface area contributed by atoms with E-state index in [1.807, 2.05) is 0 Å². The van der Waals surface area contributed by atoms with Crippen molar-refractivity contribution in [2.24, 2.45) is 0 Å². The molecule has 5 N–H and O–H groups in total. The number of hydrogen-bond donors (Lipinski definition) is 5. The maximum atomic E-state index is 9.53. The van der Waals surface area contributed by atoms with Gasteiger partial charge < -0.3 is 35.0 Å². The summed E-state index contributed by atoms with van der Waals surface area (Å²) >= 11 is 0. The highest BCUT2D eigenvalue weighted by atomic mass is 16.7. The van der Waals surface area contributed by atoms with E-state index in [0.29, 0.717) is 0 Å². The molecule has 0 bridgehead atoms. The monoisotopic (exact) mass is 238 g/mol. The molecule has 1 fully saturated rings. The van der Waals surface area contributed by atoms with Crippen LogP contribution in [-0.4, -0.2) is 75.6 Å². The maximum absolute atomic E-state index is 9.53. The lowest BCUT2D eigenvalue weighted by atomic mass is 9.95. The minimum absolute atomic E-state index is 0.243. The van der Waals surface area contributed by atoms with E-state index in [9.17, 15) is 20.4 Å². The number of hydrogen-bond acceptors (Lipinski definition) is 7. The van der Waals surface area contributed by atoms with Gasteiger partial charge in [0.15, 0.2) is 6.29 Å². The molecule has 0 amide bonds. The molecule has 7 nitrogen and oxygen atoms in total. The predicted octanol–water partition coefficient (Wildman–Crippen LogP) is -2.82. The van der Waals surface area contributed by atoms with Crippen molar-refractivity contribution in [2.45, 2.75) is 43.7 Å². The Hall–Kier alpha value is -0.280. The van der Waals surface area contributed by atoms with Crippen LogP contribution >= 0.6 is 0 Å². The van der Waals surface area contributed by atoms with Crippen molar-refractivity contribution in [2.75, 3.05) is 13.2 Å². The molecule has 1 aliphatic heterocycles. The zero-order valence-electron chi connectivity index (χ0n) is 8.93. The third-order valence-electron chi connectivity index (χ3n) is 2.50. The van der Waals surface area contributed by atoms with Gasteiger partial charge in [-0.25, -0.2) is 0 Å². The van der Waals surface area contributed by atoms with E-state index in [0.717, 1.165) is 0 Å². The van der Waals surface area contributed by atoms with E-state index >= 15 is 0 Å². The van der Waals surface area contributed by atoms with E-state index in [1.165, 1.54) is 0 Å². The summed E-state index contributed by atoms with van der Waals surface area (Å²) in [6.07, 6.45) is -8.03. The zero-order chi connectivity index (χ0) is 12.3. The molecule has 96 valence electrons. The second-order valence-electron chi connectivity index (χ2n) is 3.65. The average molecular weight is 238 g/mol. The van der Waals surface area contributed by atoms with Crippen LogP contribution in [0.4, 0.5) is 0 Å². The smallest absolute Gasteiger partial charge is 0.186 e. The lowest BCUT2D eigenvalue weighted by Crippen LogP contribution is -2.61. The van der Waals surface area contributed by atoms with Gasteiger partial charge in [-0.2, -0.15) is 0 Å². The van der Waals surface area contributed by atoms with Crippen molar-refractivity contribution in [1.82, 2.24) is 0 Å². The number of ether oxygens (including phenoxy) is 2. The van der Waals surface area contributed by atoms with Gasteiger partial charge in [0.25, 0.3) is 0 Å². The summed E-state index contributed by atoms with van der Waals surface area (Å²) in [7, 11) is 0. The molecule has 0 saturated carbocycles. The zero-order valence-corrected chi connectivity index (χ0v) is 8.93. The van der Waals surface area contributed by atoms with Gasteiger partial charge in [-0.3, -0.25) is 0 Å². The first-order valence-corrected chi connectivity index (χ1v) is 5.13. The van der Waals surface area contributed by atoms with E-state index < -0.39 is 43.4 Å². The molecule has 0 aliphatic carbocycles. The summed E-state index contributed by atoms with van der Waals surface area (Å²) in [5, 5.41) is 46.7. The van der Waals surface area contributed by atoms with Crippen molar-refractivity contribution >= 4 is 0 Å². The van der Waals surface area contributed by atoms with Gasteiger partial charge in [0.05, 0.1) is 6.61 Å². The van der Waals surface area contributed by atoms with Gasteiger partial charge in [-0.1, -0.05) is 0 Å². The normalized spacial score (nSPS) is 42.0. The molecule has 7 heteroatoms. The van der Waals surface area contributed by atoms with Crippen LogP contribution in [0.1, 0.15) is 6.92 Å². The summed E-state index contributed by atoms with van der Waals surface area (Å²) in [4.78, 5) is 0. The molecule has 0 radical (unpaired) electrons. The molecule has 0 aromatic rings. The molecule has 6 atom stereocenters. The van der Waals surface area contributed by atoms with E-state index in [2.05, 4.69) is 0 Å². The molecule has 0 aromatic heterocycles. The Morgan fingerprint density at radius 2 is 1.81 bits per heavy atom. The van der Waals surface area contributed by atoms with Crippen LogP contribution in [0, 0.1) is 0 Å². The summed E-state index contributed by atoms with van der Waals surface area (Å²) in [5.74, 6) is 0.